The average Bonchev–Trinajstić information content (AvgIpc) is 3.07. The summed E-state index contributed by atoms with van der Waals surface area (Å²) in [5, 5.41) is 0. The average molecular weight is 581 g/mol. The van der Waals surface area contributed by atoms with E-state index >= 15 is 0 Å². The Balaban J connectivity index is 1.25. The third kappa shape index (κ3) is 6.16. The van der Waals surface area contributed by atoms with E-state index in [0.29, 0.717) is 25.1 Å². The van der Waals surface area contributed by atoms with Gasteiger partial charge in [-0.05, 0) is 94.2 Å². The molecule has 2 aliphatic carbocycles. The highest BCUT2D eigenvalue weighted by molar-refractivity contribution is 5.96. The lowest BCUT2D eigenvalue weighted by Crippen LogP contribution is -2.37. The number of amides is 2. The number of fused-ring (bicyclic) bond motifs is 2. The fourth-order valence-corrected chi connectivity index (χ4v) is 6.85. The van der Waals surface area contributed by atoms with E-state index in [1.165, 1.54) is 33.4 Å². The van der Waals surface area contributed by atoms with E-state index < -0.39 is 0 Å². The van der Waals surface area contributed by atoms with Gasteiger partial charge < -0.3 is 10.6 Å². The summed E-state index contributed by atoms with van der Waals surface area (Å²) in [5.41, 5.74) is 16.7. The summed E-state index contributed by atoms with van der Waals surface area (Å²) in [6, 6.07) is 33.0. The molecule has 2 N–H and O–H groups in total. The molecule has 4 aromatic carbocycles. The van der Waals surface area contributed by atoms with Crippen molar-refractivity contribution in [3.05, 3.63) is 165 Å². The van der Waals surface area contributed by atoms with Crippen molar-refractivity contribution >= 4 is 11.8 Å². The van der Waals surface area contributed by atoms with Gasteiger partial charge in [-0.25, -0.2) is 0 Å². The van der Waals surface area contributed by atoms with Crippen LogP contribution in [0.5, 0.6) is 0 Å². The molecule has 0 saturated heterocycles. The van der Waals surface area contributed by atoms with Crippen LogP contribution in [0.4, 0.5) is 0 Å². The summed E-state index contributed by atoms with van der Waals surface area (Å²) in [7, 11) is 0. The van der Waals surface area contributed by atoms with Gasteiger partial charge in [-0.2, -0.15) is 0 Å². The number of carbonyl (C=O) groups is 2. The first-order valence-electron chi connectivity index (χ1n) is 15.7. The van der Waals surface area contributed by atoms with Crippen LogP contribution in [0.1, 0.15) is 79.8 Å². The van der Waals surface area contributed by atoms with E-state index in [2.05, 4.69) is 91.6 Å². The third-order valence-corrected chi connectivity index (χ3v) is 9.33. The SMILES string of the molecule is CC(CN(CC(C)c1ccccc1)C(=O)c1cccc2c1CC=C(C1=CCc3c(cccc3C(N)=O)C1)C2)c1ccccc1. The molecule has 4 heteroatoms. The largest absolute Gasteiger partial charge is 0.366 e. The summed E-state index contributed by atoms with van der Waals surface area (Å²) in [5.74, 6) is 0.164. The van der Waals surface area contributed by atoms with Gasteiger partial charge >= 0.3 is 0 Å². The number of allylic oxidation sites excluding steroid dienone is 4. The van der Waals surface area contributed by atoms with Crippen LogP contribution in [0, 0.1) is 0 Å². The summed E-state index contributed by atoms with van der Waals surface area (Å²) in [4.78, 5) is 28.4. The Morgan fingerprint density at radius 2 is 1.09 bits per heavy atom. The van der Waals surface area contributed by atoms with Crippen LogP contribution in [-0.2, 0) is 25.7 Å². The lowest BCUT2D eigenvalue weighted by atomic mass is 9.80. The van der Waals surface area contributed by atoms with Crippen LogP contribution in [0.25, 0.3) is 0 Å². The molecule has 0 bridgehead atoms. The molecule has 0 fully saturated rings. The lowest BCUT2D eigenvalue weighted by molar-refractivity contribution is 0.0737. The molecule has 2 amide bonds. The predicted octanol–water partition coefficient (Wildman–Crippen LogP) is 7.59. The maximum atomic E-state index is 14.4. The zero-order valence-corrected chi connectivity index (χ0v) is 25.6. The highest BCUT2D eigenvalue weighted by Gasteiger charge is 2.27. The van der Waals surface area contributed by atoms with Gasteiger partial charge in [0.15, 0.2) is 0 Å². The number of hydrogen-bond donors (Lipinski definition) is 1. The molecular weight excluding hydrogens is 540 g/mol. The maximum Gasteiger partial charge on any atom is 0.254 e. The standard InChI is InChI=1S/C40H40N2O2/c1-27(29-11-5-3-6-12-29)25-42(26-28(2)30-13-7-4-8-14-30)40(44)38-18-10-16-34-24-32(20-22-36(34)38)31-19-21-35-33(23-31)15-9-17-37(35)39(41)43/h3-20,27-28H,21-26H2,1-2H3,(H2,41,43). The summed E-state index contributed by atoms with van der Waals surface area (Å²) < 4.78 is 0. The number of nitrogens with two attached hydrogens (primary N) is 1. The molecule has 0 saturated carbocycles. The van der Waals surface area contributed by atoms with Gasteiger partial charge in [0.05, 0.1) is 0 Å². The Bertz CT molecular complexity index is 1690. The zero-order valence-electron chi connectivity index (χ0n) is 25.6. The maximum absolute atomic E-state index is 14.4. The molecule has 0 heterocycles. The van der Waals surface area contributed by atoms with E-state index in [-0.39, 0.29) is 23.7 Å². The Hall–Kier alpha value is -4.70. The van der Waals surface area contributed by atoms with Crippen molar-refractivity contribution in [3.8, 4) is 0 Å². The summed E-state index contributed by atoms with van der Waals surface area (Å²) in [6.45, 7) is 5.73. The molecule has 2 unspecified atom stereocenters. The number of rotatable bonds is 9. The summed E-state index contributed by atoms with van der Waals surface area (Å²) in [6.07, 6.45) is 7.58. The minimum atomic E-state index is -0.368. The number of primary amides is 1. The Morgan fingerprint density at radius 1 is 0.636 bits per heavy atom. The Labute approximate surface area is 260 Å². The Kier molecular flexibility index (Phi) is 8.60. The van der Waals surface area contributed by atoms with Crippen molar-refractivity contribution in [2.24, 2.45) is 5.73 Å². The molecule has 0 aromatic heterocycles. The molecule has 0 aliphatic heterocycles. The van der Waals surface area contributed by atoms with Gasteiger partial charge in [-0.3, -0.25) is 9.59 Å². The predicted molar refractivity (Wildman–Crippen MR) is 178 cm³/mol. The molecule has 44 heavy (non-hydrogen) atoms. The molecule has 2 atom stereocenters. The fourth-order valence-electron chi connectivity index (χ4n) is 6.85. The van der Waals surface area contributed by atoms with Gasteiger partial charge in [0.25, 0.3) is 5.91 Å². The molecule has 2 aliphatic rings. The minimum Gasteiger partial charge on any atom is -0.366 e. The first-order valence-corrected chi connectivity index (χ1v) is 15.7. The lowest BCUT2D eigenvalue weighted by Gasteiger charge is -2.31. The second-order valence-corrected chi connectivity index (χ2v) is 12.3. The van der Waals surface area contributed by atoms with Crippen LogP contribution in [-0.4, -0.2) is 29.8 Å². The van der Waals surface area contributed by atoms with Gasteiger partial charge in [-0.15, -0.1) is 0 Å². The highest BCUT2D eigenvalue weighted by atomic mass is 16.2. The zero-order chi connectivity index (χ0) is 30.6. The van der Waals surface area contributed by atoms with Crippen LogP contribution < -0.4 is 5.73 Å². The quantitative estimate of drug-likeness (QED) is 0.222. The van der Waals surface area contributed by atoms with Crippen molar-refractivity contribution in [2.45, 2.75) is 51.4 Å². The van der Waals surface area contributed by atoms with E-state index in [4.69, 9.17) is 5.73 Å². The molecule has 0 radical (unpaired) electrons. The second kappa shape index (κ2) is 12.9. The molecule has 0 spiro atoms. The van der Waals surface area contributed by atoms with Crippen molar-refractivity contribution < 1.29 is 9.59 Å². The van der Waals surface area contributed by atoms with E-state index in [9.17, 15) is 9.59 Å². The molecule has 6 rings (SSSR count). The van der Waals surface area contributed by atoms with Crippen LogP contribution in [0.3, 0.4) is 0 Å². The van der Waals surface area contributed by atoms with Gasteiger partial charge in [-0.1, -0.05) is 111 Å². The smallest absolute Gasteiger partial charge is 0.254 e. The fraction of sp³-hybridized carbons (Fsp3) is 0.250. The molecular formula is C40H40N2O2. The van der Waals surface area contributed by atoms with Crippen molar-refractivity contribution in [2.75, 3.05) is 13.1 Å². The minimum absolute atomic E-state index is 0.106. The number of hydrogen-bond acceptors (Lipinski definition) is 2. The van der Waals surface area contributed by atoms with E-state index in [1.807, 2.05) is 36.4 Å². The molecule has 222 valence electrons. The van der Waals surface area contributed by atoms with Crippen LogP contribution in [0.2, 0.25) is 0 Å². The first-order chi connectivity index (χ1) is 21.4. The Morgan fingerprint density at radius 3 is 1.57 bits per heavy atom. The first kappa shape index (κ1) is 29.4. The van der Waals surface area contributed by atoms with Crippen molar-refractivity contribution in [1.29, 1.82) is 0 Å². The topological polar surface area (TPSA) is 63.4 Å². The molecule has 4 nitrogen and oxygen atoms in total. The van der Waals surface area contributed by atoms with Crippen molar-refractivity contribution in [3.63, 3.8) is 0 Å². The highest BCUT2D eigenvalue weighted by Crippen LogP contribution is 2.34. The van der Waals surface area contributed by atoms with E-state index in [1.54, 1.807) is 0 Å². The van der Waals surface area contributed by atoms with Gasteiger partial charge in [0, 0.05) is 24.2 Å². The molecule has 4 aromatic rings. The van der Waals surface area contributed by atoms with Crippen molar-refractivity contribution in [1.82, 2.24) is 4.90 Å². The second-order valence-electron chi connectivity index (χ2n) is 12.3. The van der Waals surface area contributed by atoms with Crippen LogP contribution >= 0.6 is 0 Å². The number of nitrogens with zero attached hydrogens (tertiary/aromatic N) is 1. The van der Waals surface area contributed by atoms with Gasteiger partial charge in [0.2, 0.25) is 5.91 Å². The summed E-state index contributed by atoms with van der Waals surface area (Å²) >= 11 is 0. The van der Waals surface area contributed by atoms with E-state index in [0.717, 1.165) is 36.0 Å². The number of carbonyl (C=O) groups excluding carboxylic acids is 2. The van der Waals surface area contributed by atoms with Crippen LogP contribution in [0.15, 0.2) is 120 Å². The number of benzene rings is 4. The normalized spacial score (nSPS) is 15.2. The third-order valence-electron chi connectivity index (χ3n) is 9.33. The monoisotopic (exact) mass is 580 g/mol. The van der Waals surface area contributed by atoms with Gasteiger partial charge in [0.1, 0.15) is 0 Å².